The molecule has 0 amide bonds. The van der Waals surface area contributed by atoms with Crippen molar-refractivity contribution in [3.8, 4) is 0 Å². The SMILES string of the molecule is O=C(O)CC(N=C/C=C1/C=C(C(=O)O)NC(C(=O)O)C1)C(=O)O. The molecule has 23 heavy (non-hydrogen) atoms. The van der Waals surface area contributed by atoms with E-state index >= 15 is 0 Å². The first kappa shape index (κ1) is 17.9. The molecule has 1 aliphatic rings. The van der Waals surface area contributed by atoms with E-state index in [0.29, 0.717) is 5.57 Å². The molecule has 1 aliphatic heterocycles. The summed E-state index contributed by atoms with van der Waals surface area (Å²) < 4.78 is 0. The normalized spacial score (nSPS) is 20.6. The van der Waals surface area contributed by atoms with Gasteiger partial charge >= 0.3 is 23.9 Å². The van der Waals surface area contributed by atoms with E-state index < -0.39 is 42.4 Å². The van der Waals surface area contributed by atoms with Crippen molar-refractivity contribution in [2.24, 2.45) is 4.99 Å². The molecule has 1 rings (SSSR count). The van der Waals surface area contributed by atoms with Gasteiger partial charge in [-0.2, -0.15) is 0 Å². The average molecular weight is 326 g/mol. The molecule has 0 fully saturated rings. The van der Waals surface area contributed by atoms with Crippen molar-refractivity contribution >= 4 is 30.1 Å². The lowest BCUT2D eigenvalue weighted by Gasteiger charge is -2.21. The zero-order valence-electron chi connectivity index (χ0n) is 11.7. The molecule has 124 valence electrons. The lowest BCUT2D eigenvalue weighted by molar-refractivity contribution is -0.144. The van der Waals surface area contributed by atoms with Gasteiger partial charge in [0.05, 0.1) is 6.42 Å². The van der Waals surface area contributed by atoms with Crippen molar-refractivity contribution in [2.45, 2.75) is 24.9 Å². The number of allylic oxidation sites excluding steroid dienone is 2. The lowest BCUT2D eigenvalue weighted by Crippen LogP contribution is -2.41. The van der Waals surface area contributed by atoms with E-state index in [1.807, 2.05) is 0 Å². The van der Waals surface area contributed by atoms with E-state index in [2.05, 4.69) is 10.3 Å². The average Bonchev–Trinajstić information content (AvgIpc) is 2.45. The first-order valence-corrected chi connectivity index (χ1v) is 6.32. The Morgan fingerprint density at radius 3 is 2.39 bits per heavy atom. The van der Waals surface area contributed by atoms with E-state index in [9.17, 15) is 19.2 Å². The molecular formula is C13H14N2O8. The van der Waals surface area contributed by atoms with Crippen LogP contribution in [0.5, 0.6) is 0 Å². The van der Waals surface area contributed by atoms with Gasteiger partial charge in [-0.1, -0.05) is 0 Å². The second-order valence-corrected chi connectivity index (χ2v) is 4.59. The number of carbonyl (C=O) groups is 4. The van der Waals surface area contributed by atoms with Crippen LogP contribution in [0.1, 0.15) is 12.8 Å². The smallest absolute Gasteiger partial charge is 0.351 e. The Balaban J connectivity index is 2.95. The summed E-state index contributed by atoms with van der Waals surface area (Å²) >= 11 is 0. The highest BCUT2D eigenvalue weighted by atomic mass is 16.4. The Morgan fingerprint density at radius 1 is 1.26 bits per heavy atom. The molecule has 0 aromatic heterocycles. The van der Waals surface area contributed by atoms with Crippen molar-refractivity contribution < 1.29 is 39.6 Å². The van der Waals surface area contributed by atoms with Crippen molar-refractivity contribution in [1.82, 2.24) is 5.32 Å². The molecule has 0 aromatic rings. The molecule has 2 unspecified atom stereocenters. The fraction of sp³-hybridized carbons (Fsp3) is 0.308. The molecule has 0 aliphatic carbocycles. The Kier molecular flexibility index (Phi) is 6.01. The molecular weight excluding hydrogens is 312 g/mol. The van der Waals surface area contributed by atoms with E-state index in [0.717, 1.165) is 6.21 Å². The Morgan fingerprint density at radius 2 is 1.91 bits per heavy atom. The molecule has 0 spiro atoms. The summed E-state index contributed by atoms with van der Waals surface area (Å²) in [5.41, 5.74) is -0.0135. The van der Waals surface area contributed by atoms with Crippen LogP contribution in [-0.2, 0) is 19.2 Å². The van der Waals surface area contributed by atoms with Gasteiger partial charge in [0.2, 0.25) is 0 Å². The zero-order valence-corrected chi connectivity index (χ0v) is 11.7. The molecule has 0 saturated heterocycles. The molecule has 5 N–H and O–H groups in total. The van der Waals surface area contributed by atoms with Crippen LogP contribution in [0.15, 0.2) is 28.4 Å². The third-order valence-corrected chi connectivity index (χ3v) is 2.84. The topological polar surface area (TPSA) is 174 Å². The highest BCUT2D eigenvalue weighted by Crippen LogP contribution is 2.16. The van der Waals surface area contributed by atoms with Crippen LogP contribution in [0, 0.1) is 0 Å². The summed E-state index contributed by atoms with van der Waals surface area (Å²) in [5, 5.41) is 37.6. The second kappa shape index (κ2) is 7.73. The van der Waals surface area contributed by atoms with E-state index in [1.165, 1.54) is 12.2 Å². The van der Waals surface area contributed by atoms with Gasteiger partial charge < -0.3 is 25.7 Å². The summed E-state index contributed by atoms with van der Waals surface area (Å²) in [7, 11) is 0. The summed E-state index contributed by atoms with van der Waals surface area (Å²) in [6.45, 7) is 0. The minimum atomic E-state index is -1.48. The van der Waals surface area contributed by atoms with Crippen LogP contribution in [0.2, 0.25) is 0 Å². The van der Waals surface area contributed by atoms with Crippen LogP contribution in [0.4, 0.5) is 0 Å². The zero-order chi connectivity index (χ0) is 17.6. The van der Waals surface area contributed by atoms with Crippen LogP contribution in [0.25, 0.3) is 0 Å². The lowest BCUT2D eigenvalue weighted by atomic mass is 10.00. The van der Waals surface area contributed by atoms with Gasteiger partial charge in [0.1, 0.15) is 11.7 Å². The van der Waals surface area contributed by atoms with E-state index in [-0.39, 0.29) is 12.1 Å². The Bertz CT molecular complexity index is 619. The van der Waals surface area contributed by atoms with Gasteiger partial charge in [-0.3, -0.25) is 9.79 Å². The first-order chi connectivity index (χ1) is 10.7. The Labute approximate surface area is 129 Å². The highest BCUT2D eigenvalue weighted by molar-refractivity contribution is 5.90. The van der Waals surface area contributed by atoms with Crippen LogP contribution < -0.4 is 5.32 Å². The van der Waals surface area contributed by atoms with Gasteiger partial charge in [0.25, 0.3) is 0 Å². The fourth-order valence-corrected chi connectivity index (χ4v) is 1.76. The van der Waals surface area contributed by atoms with Gasteiger partial charge in [-0.25, -0.2) is 14.4 Å². The minimum Gasteiger partial charge on any atom is -0.481 e. The molecule has 1 heterocycles. The maximum atomic E-state index is 11.0. The predicted octanol–water partition coefficient (Wildman–Crippen LogP) is -0.673. The molecule has 10 nitrogen and oxygen atoms in total. The fourth-order valence-electron chi connectivity index (χ4n) is 1.76. The van der Waals surface area contributed by atoms with Gasteiger partial charge in [-0.05, 0) is 17.7 Å². The Hall–Kier alpha value is -3.17. The number of nitrogens with zero attached hydrogens (tertiary/aromatic N) is 1. The van der Waals surface area contributed by atoms with Crippen molar-refractivity contribution in [2.75, 3.05) is 0 Å². The molecule has 2 atom stereocenters. The first-order valence-electron chi connectivity index (χ1n) is 6.32. The van der Waals surface area contributed by atoms with Crippen LogP contribution in [-0.4, -0.2) is 62.6 Å². The third-order valence-electron chi connectivity index (χ3n) is 2.84. The van der Waals surface area contributed by atoms with Gasteiger partial charge in [0.15, 0.2) is 6.04 Å². The summed E-state index contributed by atoms with van der Waals surface area (Å²) in [5.74, 6) is -5.33. The number of carboxylic acid groups (broad SMARTS) is 4. The van der Waals surface area contributed by atoms with Crippen LogP contribution >= 0.6 is 0 Å². The minimum absolute atomic E-state index is 0.0329. The molecule has 0 bridgehead atoms. The molecule has 0 aromatic carbocycles. The number of aliphatic imine (C=N–C) groups is 1. The number of rotatable bonds is 7. The summed E-state index contributed by atoms with van der Waals surface area (Å²) in [4.78, 5) is 46.8. The standard InChI is InChI=1S/C13H14N2O8/c16-10(17)5-7(11(18)19)14-2-1-6-3-8(12(20)21)15-9(4-6)13(22)23/h1-3,7,9,15H,4-5H2,(H,16,17)(H,18,19)(H,20,21)(H,22,23)/b6-1-,14-2?. The number of hydrogen-bond acceptors (Lipinski definition) is 6. The number of nitrogens with one attached hydrogen (secondary N) is 1. The largest absolute Gasteiger partial charge is 0.481 e. The van der Waals surface area contributed by atoms with E-state index in [4.69, 9.17) is 20.4 Å². The molecule has 0 saturated carbocycles. The van der Waals surface area contributed by atoms with Gasteiger partial charge in [0, 0.05) is 12.6 Å². The summed E-state index contributed by atoms with van der Waals surface area (Å²) in [6, 6.07) is -2.62. The van der Waals surface area contributed by atoms with Crippen molar-refractivity contribution in [3.05, 3.63) is 23.4 Å². The molecule has 10 heteroatoms. The number of carboxylic acids is 4. The maximum absolute atomic E-state index is 11.0. The summed E-state index contributed by atoms with van der Waals surface area (Å²) in [6.07, 6.45) is 2.73. The van der Waals surface area contributed by atoms with Crippen molar-refractivity contribution in [3.63, 3.8) is 0 Å². The second-order valence-electron chi connectivity index (χ2n) is 4.59. The number of hydrogen-bond donors (Lipinski definition) is 5. The number of aliphatic carboxylic acids is 4. The monoisotopic (exact) mass is 326 g/mol. The quantitative estimate of drug-likeness (QED) is 0.380. The molecule has 0 radical (unpaired) electrons. The van der Waals surface area contributed by atoms with Gasteiger partial charge in [-0.15, -0.1) is 0 Å². The third kappa shape index (κ3) is 5.61. The highest BCUT2D eigenvalue weighted by Gasteiger charge is 2.26. The predicted molar refractivity (Wildman–Crippen MR) is 75.1 cm³/mol. The van der Waals surface area contributed by atoms with Crippen LogP contribution in [0.3, 0.4) is 0 Å². The van der Waals surface area contributed by atoms with E-state index in [1.54, 1.807) is 0 Å². The van der Waals surface area contributed by atoms with Crippen molar-refractivity contribution in [1.29, 1.82) is 0 Å². The maximum Gasteiger partial charge on any atom is 0.351 e.